The fraction of sp³-hybridized carbons (Fsp3) is 0. The SMILES string of the molecule is N#Cc1cc2c(N)c(C(=O)Nc3ccccc3Oc3ccccc3)sc2[nH+]c1N. The number of rotatable bonds is 4. The van der Waals surface area contributed by atoms with Gasteiger partial charge < -0.3 is 15.8 Å². The van der Waals surface area contributed by atoms with Gasteiger partial charge in [0.15, 0.2) is 10.6 Å². The second kappa shape index (κ2) is 7.50. The van der Waals surface area contributed by atoms with Gasteiger partial charge in [0, 0.05) is 0 Å². The number of amides is 1. The van der Waals surface area contributed by atoms with E-state index < -0.39 is 0 Å². The summed E-state index contributed by atoms with van der Waals surface area (Å²) < 4.78 is 5.88. The zero-order chi connectivity index (χ0) is 20.4. The first-order valence-electron chi connectivity index (χ1n) is 8.64. The number of carbonyl (C=O) groups excluding carboxylic acids is 1. The number of nitrogens with one attached hydrogen (secondary N) is 2. The number of nitrogens with zero attached hydrogens (tertiary/aromatic N) is 1. The molecule has 7 nitrogen and oxygen atoms in total. The largest absolute Gasteiger partial charge is 0.455 e. The van der Waals surface area contributed by atoms with Crippen LogP contribution in [-0.2, 0) is 0 Å². The highest BCUT2D eigenvalue weighted by Crippen LogP contribution is 2.34. The molecule has 0 bridgehead atoms. The van der Waals surface area contributed by atoms with Crippen molar-refractivity contribution in [2.24, 2.45) is 0 Å². The second-order valence-corrected chi connectivity index (χ2v) is 7.18. The Morgan fingerprint density at radius 3 is 2.59 bits per heavy atom. The summed E-state index contributed by atoms with van der Waals surface area (Å²) in [5, 5.41) is 12.6. The van der Waals surface area contributed by atoms with Gasteiger partial charge in [-0.25, -0.2) is 4.98 Å². The van der Waals surface area contributed by atoms with Gasteiger partial charge in [0.1, 0.15) is 22.3 Å². The van der Waals surface area contributed by atoms with E-state index >= 15 is 0 Å². The number of pyridine rings is 1. The first-order chi connectivity index (χ1) is 14.1. The summed E-state index contributed by atoms with van der Waals surface area (Å²) in [7, 11) is 0. The molecule has 0 saturated heterocycles. The van der Waals surface area contributed by atoms with Crippen LogP contribution >= 0.6 is 11.3 Å². The predicted molar refractivity (Wildman–Crippen MR) is 113 cm³/mol. The smallest absolute Gasteiger partial charge is 0.289 e. The van der Waals surface area contributed by atoms with E-state index in [9.17, 15) is 4.79 Å². The standard InChI is InChI=1S/C21H15N5O2S/c22-11-12-10-14-17(23)18(29-21(14)26-19(12)24)20(27)25-15-8-4-5-9-16(15)28-13-6-2-1-3-7-13/h1-10H,23H2,(H2,24,26)(H,25,27)/p+1. The molecule has 1 amide bonds. The number of ether oxygens (including phenoxy) is 1. The first kappa shape index (κ1) is 18.3. The minimum absolute atomic E-state index is 0.231. The van der Waals surface area contributed by atoms with Gasteiger partial charge in [-0.1, -0.05) is 41.7 Å². The monoisotopic (exact) mass is 402 g/mol. The number of hydrogen-bond acceptors (Lipinski definition) is 6. The van der Waals surface area contributed by atoms with Gasteiger partial charge >= 0.3 is 0 Å². The van der Waals surface area contributed by atoms with Crippen molar-refractivity contribution in [2.75, 3.05) is 16.8 Å². The van der Waals surface area contributed by atoms with E-state index in [1.807, 2.05) is 42.5 Å². The van der Waals surface area contributed by atoms with Crippen LogP contribution in [0.3, 0.4) is 0 Å². The molecule has 0 aliphatic carbocycles. The number of fused-ring (bicyclic) bond motifs is 1. The van der Waals surface area contributed by atoms with Crippen molar-refractivity contribution < 1.29 is 14.5 Å². The Bertz CT molecular complexity index is 1260. The van der Waals surface area contributed by atoms with Crippen LogP contribution in [0.15, 0.2) is 60.7 Å². The average Bonchev–Trinajstić information content (AvgIpc) is 3.05. The number of H-pyrrole nitrogens is 1. The highest BCUT2D eigenvalue weighted by Gasteiger charge is 2.21. The minimum Gasteiger partial charge on any atom is -0.455 e. The number of thiophene rings is 1. The number of aromatic amines is 1. The predicted octanol–water partition coefficient (Wildman–Crippen LogP) is 3.80. The summed E-state index contributed by atoms with van der Waals surface area (Å²) in [5.41, 5.74) is 13.1. The molecule has 0 spiro atoms. The van der Waals surface area contributed by atoms with Gasteiger partial charge in [-0.15, -0.1) is 0 Å². The molecule has 0 radical (unpaired) electrons. The minimum atomic E-state index is -0.377. The number of nitrogens with two attached hydrogens (primary N) is 2. The summed E-state index contributed by atoms with van der Waals surface area (Å²) in [5.74, 6) is 1.02. The molecule has 2 aromatic heterocycles. The van der Waals surface area contributed by atoms with E-state index in [2.05, 4.69) is 10.3 Å². The van der Waals surface area contributed by atoms with Crippen LogP contribution < -0.4 is 26.5 Å². The van der Waals surface area contributed by atoms with Crippen molar-refractivity contribution >= 4 is 44.7 Å². The van der Waals surface area contributed by atoms with Gasteiger partial charge in [-0.3, -0.25) is 10.5 Å². The molecule has 4 aromatic rings. The Balaban J connectivity index is 1.65. The fourth-order valence-corrected chi connectivity index (χ4v) is 3.83. The molecule has 0 atom stereocenters. The highest BCUT2D eigenvalue weighted by atomic mass is 32.1. The number of aromatic nitrogens is 1. The third-order valence-electron chi connectivity index (χ3n) is 4.24. The Hall–Kier alpha value is -4.09. The van der Waals surface area contributed by atoms with E-state index in [0.29, 0.717) is 32.3 Å². The van der Waals surface area contributed by atoms with Gasteiger partial charge in [-0.2, -0.15) is 5.26 Å². The number of para-hydroxylation sites is 3. The highest BCUT2D eigenvalue weighted by molar-refractivity contribution is 7.20. The van der Waals surface area contributed by atoms with E-state index in [4.69, 9.17) is 21.5 Å². The summed E-state index contributed by atoms with van der Waals surface area (Å²) in [4.78, 5) is 16.8. The summed E-state index contributed by atoms with van der Waals surface area (Å²) >= 11 is 1.17. The van der Waals surface area contributed by atoms with Crippen LogP contribution in [0.1, 0.15) is 15.2 Å². The molecule has 142 valence electrons. The summed E-state index contributed by atoms with van der Waals surface area (Å²) in [6.45, 7) is 0. The normalized spacial score (nSPS) is 10.4. The Labute approximate surface area is 170 Å². The molecule has 8 heteroatoms. The Morgan fingerprint density at radius 2 is 1.83 bits per heavy atom. The quantitative estimate of drug-likeness (QED) is 0.478. The molecule has 0 fully saturated rings. The molecular weight excluding hydrogens is 386 g/mol. The molecule has 2 aromatic carbocycles. The molecule has 0 aliphatic rings. The van der Waals surface area contributed by atoms with Gasteiger partial charge in [0.2, 0.25) is 0 Å². The lowest BCUT2D eigenvalue weighted by molar-refractivity contribution is -0.323. The summed E-state index contributed by atoms with van der Waals surface area (Å²) in [6.07, 6.45) is 0. The van der Waals surface area contributed by atoms with Crippen LogP contribution in [0, 0.1) is 11.3 Å². The van der Waals surface area contributed by atoms with E-state index in [-0.39, 0.29) is 23.0 Å². The van der Waals surface area contributed by atoms with Crippen molar-refractivity contribution in [1.29, 1.82) is 5.26 Å². The summed E-state index contributed by atoms with van der Waals surface area (Å²) in [6, 6.07) is 20.0. The van der Waals surface area contributed by atoms with Gasteiger partial charge in [0.05, 0.1) is 16.8 Å². The van der Waals surface area contributed by atoms with E-state index in [1.165, 1.54) is 11.3 Å². The zero-order valence-corrected chi connectivity index (χ0v) is 15.9. The van der Waals surface area contributed by atoms with Crippen LogP contribution in [0.25, 0.3) is 10.2 Å². The molecule has 0 saturated carbocycles. The molecule has 6 N–H and O–H groups in total. The van der Waals surface area contributed by atoms with Crippen LogP contribution in [0.5, 0.6) is 11.5 Å². The van der Waals surface area contributed by atoms with Crippen LogP contribution in [-0.4, -0.2) is 5.91 Å². The molecule has 0 aliphatic heterocycles. The third kappa shape index (κ3) is 3.54. The molecule has 0 unspecified atom stereocenters. The number of carbonyl (C=O) groups is 1. The second-order valence-electron chi connectivity index (χ2n) is 6.16. The molecular formula is C21H16N5O2S+. The average molecular weight is 402 g/mol. The van der Waals surface area contributed by atoms with Crippen molar-refractivity contribution in [3.05, 3.63) is 71.1 Å². The van der Waals surface area contributed by atoms with Crippen molar-refractivity contribution in [3.63, 3.8) is 0 Å². The Kier molecular flexibility index (Phi) is 4.73. The lowest BCUT2D eigenvalue weighted by atomic mass is 10.2. The van der Waals surface area contributed by atoms with E-state index in [1.54, 1.807) is 24.3 Å². The maximum atomic E-state index is 12.9. The van der Waals surface area contributed by atoms with Gasteiger partial charge in [-0.05, 0) is 30.3 Å². The van der Waals surface area contributed by atoms with Crippen molar-refractivity contribution in [3.8, 4) is 17.6 Å². The van der Waals surface area contributed by atoms with Crippen molar-refractivity contribution in [1.82, 2.24) is 0 Å². The topological polar surface area (TPSA) is 128 Å². The Morgan fingerprint density at radius 1 is 1.10 bits per heavy atom. The van der Waals surface area contributed by atoms with E-state index in [0.717, 1.165) is 0 Å². The number of nitrogen functional groups attached to an aromatic ring is 2. The first-order valence-corrected chi connectivity index (χ1v) is 9.45. The number of anilines is 3. The maximum Gasteiger partial charge on any atom is 0.289 e. The lowest BCUT2D eigenvalue weighted by Crippen LogP contribution is -2.12. The number of hydrogen-bond donors (Lipinski definition) is 3. The van der Waals surface area contributed by atoms with Crippen molar-refractivity contribution in [2.45, 2.75) is 0 Å². The van der Waals surface area contributed by atoms with Crippen LogP contribution in [0.2, 0.25) is 0 Å². The molecule has 4 rings (SSSR count). The number of nitriles is 1. The van der Waals surface area contributed by atoms with Crippen LogP contribution in [0.4, 0.5) is 17.2 Å². The maximum absolute atomic E-state index is 12.9. The third-order valence-corrected chi connectivity index (χ3v) is 5.38. The fourth-order valence-electron chi connectivity index (χ4n) is 2.82. The zero-order valence-electron chi connectivity index (χ0n) is 15.1. The molecule has 2 heterocycles. The molecule has 29 heavy (non-hydrogen) atoms. The number of benzene rings is 2. The van der Waals surface area contributed by atoms with Gasteiger partial charge in [0.25, 0.3) is 11.7 Å². The lowest BCUT2D eigenvalue weighted by Gasteiger charge is -2.12.